The number of fused-ring (bicyclic) bond motifs is 6. The second kappa shape index (κ2) is 21.7. The zero-order chi connectivity index (χ0) is 50.7. The smallest absolute Gasteiger partial charge is 0.279 e. The Bertz CT molecular complexity index is 2960. The summed E-state index contributed by atoms with van der Waals surface area (Å²) >= 11 is 12.8. The molecular weight excluding hydrogens is 984 g/mol. The van der Waals surface area contributed by atoms with Gasteiger partial charge < -0.3 is 19.6 Å². The van der Waals surface area contributed by atoms with Crippen LogP contribution in [0.15, 0.2) is 94.7 Å². The molecule has 2 N–H and O–H groups in total. The van der Waals surface area contributed by atoms with Crippen molar-refractivity contribution >= 4 is 112 Å². The van der Waals surface area contributed by atoms with Gasteiger partial charge >= 0.3 is 0 Å². The number of hydrogen-bond donors (Lipinski definition) is 2. The lowest BCUT2D eigenvalue weighted by Gasteiger charge is -2.16. The van der Waals surface area contributed by atoms with E-state index in [0.29, 0.717) is 70.3 Å². The van der Waals surface area contributed by atoms with E-state index in [2.05, 4.69) is 9.44 Å². The third-order valence-electron chi connectivity index (χ3n) is 12.3. The topological polar surface area (TPSA) is 226 Å². The van der Waals surface area contributed by atoms with Crippen LogP contribution >= 0.6 is 23.2 Å². The van der Waals surface area contributed by atoms with Crippen molar-refractivity contribution in [1.82, 2.24) is 19.2 Å². The van der Waals surface area contributed by atoms with Crippen molar-refractivity contribution < 1.29 is 36.3 Å². The zero-order valence-corrected chi connectivity index (χ0v) is 41.9. The first-order chi connectivity index (χ1) is 33.2. The summed E-state index contributed by atoms with van der Waals surface area (Å²) in [5.74, 6) is -1.52. The van der Waals surface area contributed by atoms with Gasteiger partial charge in [-0.25, -0.2) is 26.3 Å². The molecule has 0 aliphatic carbocycles. The number of non-ortho nitro benzene ring substituents is 2. The Hall–Kier alpha value is -5.84. The number of sulfonamides is 2. The number of alkyl halides is 2. The third kappa shape index (κ3) is 11.2. The van der Waals surface area contributed by atoms with Crippen LogP contribution in [0.2, 0.25) is 0 Å². The molecular formula is C48H52Cl2N8O10S2. The summed E-state index contributed by atoms with van der Waals surface area (Å²) in [5.41, 5.74) is 2.38. The lowest BCUT2D eigenvalue weighted by Crippen LogP contribution is -2.28. The highest BCUT2D eigenvalue weighted by atomic mass is 35.5. The van der Waals surface area contributed by atoms with E-state index in [0.717, 1.165) is 0 Å². The first-order valence-corrected chi connectivity index (χ1v) is 26.3. The van der Waals surface area contributed by atoms with Gasteiger partial charge in [0.1, 0.15) is 0 Å². The van der Waals surface area contributed by atoms with E-state index in [4.69, 9.17) is 23.2 Å². The second-order valence-electron chi connectivity index (χ2n) is 17.6. The molecule has 370 valence electrons. The molecule has 0 saturated carbocycles. The Balaban J connectivity index is 1.07. The van der Waals surface area contributed by atoms with Gasteiger partial charge in [0, 0.05) is 74.1 Å². The summed E-state index contributed by atoms with van der Waals surface area (Å²) in [6, 6.07) is 17.9. The molecule has 70 heavy (non-hydrogen) atoms. The van der Waals surface area contributed by atoms with Crippen LogP contribution in [-0.4, -0.2) is 128 Å². The van der Waals surface area contributed by atoms with Gasteiger partial charge in [-0.05, 0) is 124 Å². The van der Waals surface area contributed by atoms with Gasteiger partial charge in [-0.3, -0.25) is 29.8 Å². The number of rotatable bonds is 20. The highest BCUT2D eigenvalue weighted by molar-refractivity contribution is 7.89. The maximum Gasteiger partial charge on any atom is 0.279 e. The van der Waals surface area contributed by atoms with Crippen LogP contribution in [-0.2, 0) is 29.6 Å². The SMILES string of the molecule is CN(C)CCCNS(=O)(=O)c1ccc2c3c(cc([N+](=O)[O-])c2c1)N(C(=O)/C=C/c1ccc(/C=C/C(=O)N2CC(CCl)c4c2cc([N+](=O)[O-])c2cc(S(=O)(=O)NCCCN(C)C)ccc42)cc1)CC3CCl. The van der Waals surface area contributed by atoms with Crippen molar-refractivity contribution in [3.05, 3.63) is 127 Å². The monoisotopic (exact) mass is 1030 g/mol. The van der Waals surface area contributed by atoms with Crippen molar-refractivity contribution in [2.45, 2.75) is 34.5 Å². The molecule has 22 heteroatoms. The molecule has 7 rings (SSSR count). The van der Waals surface area contributed by atoms with E-state index in [1.807, 2.05) is 38.0 Å². The summed E-state index contributed by atoms with van der Waals surface area (Å²) in [6.45, 7) is 1.99. The maximum atomic E-state index is 13.8. The largest absolute Gasteiger partial charge is 0.309 e. The fourth-order valence-electron chi connectivity index (χ4n) is 8.82. The van der Waals surface area contributed by atoms with E-state index in [-0.39, 0.29) is 69.9 Å². The number of anilines is 2. The van der Waals surface area contributed by atoms with Crippen LogP contribution in [0.4, 0.5) is 22.7 Å². The third-order valence-corrected chi connectivity index (χ3v) is 15.9. The maximum absolute atomic E-state index is 13.8. The lowest BCUT2D eigenvalue weighted by molar-refractivity contribution is -0.383. The number of amides is 2. The molecule has 18 nitrogen and oxygen atoms in total. The second-order valence-corrected chi connectivity index (χ2v) is 21.8. The molecule has 2 amide bonds. The molecule has 0 bridgehead atoms. The standard InChI is InChI=1S/C48H52Cl2N8O10S2/c1-53(2)21-5-19-51-69(65,66)35-13-15-37-39(23-35)41(57(61)62)25-43-47(37)33(27-49)29-55(43)45(59)17-11-31-7-9-32(10-8-31)12-18-46(60)56-30-34(28-50)48-38-16-14-36(70(67,68)52-20-6-22-54(3)4)24-40(38)42(58(63)64)26-44(48)56/h7-18,23-26,33-34,51-52H,5-6,19-22,27-30H2,1-4H3/b17-11+,18-12+. The first-order valence-electron chi connectivity index (χ1n) is 22.2. The number of nitrogens with one attached hydrogen (secondary N) is 2. The number of hydrogen-bond acceptors (Lipinski definition) is 12. The summed E-state index contributed by atoms with van der Waals surface area (Å²) in [7, 11) is -0.444. The fraction of sp³-hybridized carbons (Fsp3) is 0.333. The Morgan fingerprint density at radius 3 is 1.33 bits per heavy atom. The van der Waals surface area contributed by atoms with Gasteiger partial charge in [-0.2, -0.15) is 0 Å². The van der Waals surface area contributed by atoms with Gasteiger partial charge in [0.05, 0.1) is 41.8 Å². The average molecular weight is 1040 g/mol. The summed E-state index contributed by atoms with van der Waals surface area (Å²) in [5, 5.41) is 25.9. The molecule has 0 radical (unpaired) electrons. The van der Waals surface area contributed by atoms with Gasteiger partial charge in [0.2, 0.25) is 20.0 Å². The van der Waals surface area contributed by atoms with Gasteiger partial charge in [0.15, 0.2) is 0 Å². The molecule has 5 aromatic carbocycles. The quantitative estimate of drug-likeness (QED) is 0.0263. The molecule has 5 aromatic rings. The van der Waals surface area contributed by atoms with Crippen molar-refractivity contribution in [3.63, 3.8) is 0 Å². The summed E-state index contributed by atoms with van der Waals surface area (Å²) < 4.78 is 57.8. The summed E-state index contributed by atoms with van der Waals surface area (Å²) in [6.07, 6.45) is 6.98. The van der Waals surface area contributed by atoms with Gasteiger partial charge in [0.25, 0.3) is 23.2 Å². The van der Waals surface area contributed by atoms with Crippen molar-refractivity contribution in [3.8, 4) is 0 Å². The minimum absolute atomic E-state index is 0.0951. The molecule has 2 heterocycles. The van der Waals surface area contributed by atoms with Gasteiger partial charge in [-0.1, -0.05) is 36.4 Å². The number of carbonyl (C=O) groups is 2. The van der Waals surface area contributed by atoms with Crippen LogP contribution < -0.4 is 19.2 Å². The van der Waals surface area contributed by atoms with E-state index in [9.17, 15) is 46.7 Å². The average Bonchev–Trinajstić information content (AvgIpc) is 3.91. The van der Waals surface area contributed by atoms with Crippen molar-refractivity contribution in [2.75, 3.05) is 89.0 Å². The van der Waals surface area contributed by atoms with Crippen LogP contribution in [0.5, 0.6) is 0 Å². The minimum Gasteiger partial charge on any atom is -0.309 e. The number of nitrogens with zero attached hydrogens (tertiary/aromatic N) is 6. The molecule has 0 fully saturated rings. The Kier molecular flexibility index (Phi) is 16.1. The highest BCUT2D eigenvalue weighted by Gasteiger charge is 2.38. The van der Waals surface area contributed by atoms with Crippen molar-refractivity contribution in [2.24, 2.45) is 0 Å². The zero-order valence-electron chi connectivity index (χ0n) is 38.8. The molecule has 2 aliphatic heterocycles. The van der Waals surface area contributed by atoms with Crippen molar-refractivity contribution in [1.29, 1.82) is 0 Å². The Morgan fingerprint density at radius 1 is 0.629 bits per heavy atom. The van der Waals surface area contributed by atoms with E-state index < -0.39 is 53.5 Å². The molecule has 2 unspecified atom stereocenters. The number of benzene rings is 5. The molecule has 0 spiro atoms. The normalized spacial score (nSPS) is 16.1. The predicted octanol–water partition coefficient (Wildman–Crippen LogP) is 7.03. The van der Waals surface area contributed by atoms with Crippen LogP contribution in [0, 0.1) is 20.2 Å². The molecule has 2 atom stereocenters. The lowest BCUT2D eigenvalue weighted by atomic mass is 9.95. The Morgan fingerprint density at radius 2 is 1.00 bits per heavy atom. The number of carbonyl (C=O) groups excluding carboxylic acids is 2. The highest BCUT2D eigenvalue weighted by Crippen LogP contribution is 2.47. The molecule has 0 saturated heterocycles. The predicted molar refractivity (Wildman–Crippen MR) is 274 cm³/mol. The number of nitro benzene ring substituents is 2. The van der Waals surface area contributed by atoms with E-state index >= 15 is 0 Å². The van der Waals surface area contributed by atoms with E-state index in [1.54, 1.807) is 36.4 Å². The minimum atomic E-state index is -3.98. The molecule has 0 aromatic heterocycles. The Labute approximate surface area is 415 Å². The van der Waals surface area contributed by atoms with Crippen LogP contribution in [0.3, 0.4) is 0 Å². The van der Waals surface area contributed by atoms with Gasteiger partial charge in [-0.15, -0.1) is 23.2 Å². The molecule has 2 aliphatic rings. The first kappa shape index (κ1) is 52.0. The number of halogens is 2. The van der Waals surface area contributed by atoms with Crippen LogP contribution in [0.25, 0.3) is 33.7 Å². The summed E-state index contributed by atoms with van der Waals surface area (Å²) in [4.78, 5) is 57.6. The number of nitro groups is 2. The van der Waals surface area contributed by atoms with E-state index in [1.165, 1.54) is 70.5 Å². The van der Waals surface area contributed by atoms with Crippen LogP contribution in [0.1, 0.15) is 46.9 Å². The fourth-order valence-corrected chi connectivity index (χ4v) is 11.5.